The molecule has 0 aromatic heterocycles. The Morgan fingerprint density at radius 2 is 1.71 bits per heavy atom. The van der Waals surface area contributed by atoms with E-state index in [-0.39, 0.29) is 16.8 Å². The third-order valence-corrected chi connectivity index (χ3v) is 7.69. The molecule has 0 radical (unpaired) electrons. The molecule has 0 atom stereocenters. The van der Waals surface area contributed by atoms with E-state index in [1.165, 1.54) is 0 Å². The fraction of sp³-hybridized carbons (Fsp3) is 0.391. The zero-order valence-electron chi connectivity index (χ0n) is 17.5. The minimum Gasteiger partial charge on any atom is -0.371 e. The van der Waals surface area contributed by atoms with Crippen LogP contribution >= 0.6 is 0 Å². The summed E-state index contributed by atoms with van der Waals surface area (Å²) in [5, 5.41) is 8.93. The maximum absolute atomic E-state index is 13.0. The maximum atomic E-state index is 13.0. The Morgan fingerprint density at radius 1 is 1.03 bits per heavy atom. The van der Waals surface area contributed by atoms with Crippen molar-refractivity contribution in [1.29, 1.82) is 5.26 Å². The summed E-state index contributed by atoms with van der Waals surface area (Å²) in [6.07, 6.45) is 2.79. The van der Waals surface area contributed by atoms with Crippen molar-refractivity contribution < 1.29 is 13.2 Å². The summed E-state index contributed by atoms with van der Waals surface area (Å²) in [6, 6.07) is 14.6. The fourth-order valence-corrected chi connectivity index (χ4v) is 5.84. The Balaban J connectivity index is 1.40. The molecule has 2 saturated heterocycles. The maximum Gasteiger partial charge on any atom is 0.241 e. The van der Waals surface area contributed by atoms with Crippen molar-refractivity contribution in [3.05, 3.63) is 53.6 Å². The van der Waals surface area contributed by atoms with Gasteiger partial charge in [0.25, 0.3) is 0 Å². The van der Waals surface area contributed by atoms with Gasteiger partial charge in [0.15, 0.2) is 0 Å². The molecule has 8 heteroatoms. The number of carbonyl (C=O) groups is 1. The lowest BCUT2D eigenvalue weighted by atomic mass is 10.1. The molecule has 7 nitrogen and oxygen atoms in total. The highest BCUT2D eigenvalue weighted by molar-refractivity contribution is 7.89. The molecule has 0 saturated carbocycles. The summed E-state index contributed by atoms with van der Waals surface area (Å²) in [5.41, 5.74) is 3.07. The van der Waals surface area contributed by atoms with Crippen molar-refractivity contribution in [3.63, 3.8) is 0 Å². The zero-order chi connectivity index (χ0) is 22.0. The first kappa shape index (κ1) is 21.3. The van der Waals surface area contributed by atoms with Crippen LogP contribution < -0.4 is 14.5 Å². The van der Waals surface area contributed by atoms with Crippen molar-refractivity contribution in [1.82, 2.24) is 4.72 Å². The van der Waals surface area contributed by atoms with Gasteiger partial charge in [0.1, 0.15) is 0 Å². The van der Waals surface area contributed by atoms with E-state index in [4.69, 9.17) is 5.26 Å². The van der Waals surface area contributed by atoms with Crippen LogP contribution in [-0.4, -0.2) is 40.0 Å². The molecule has 2 aromatic carbocycles. The predicted octanol–water partition coefficient (Wildman–Crippen LogP) is 2.94. The van der Waals surface area contributed by atoms with Gasteiger partial charge in [0.05, 0.1) is 16.5 Å². The Bertz CT molecular complexity index is 1110. The number of hydrogen-bond acceptors (Lipinski definition) is 5. The van der Waals surface area contributed by atoms with E-state index in [0.717, 1.165) is 30.9 Å². The summed E-state index contributed by atoms with van der Waals surface area (Å²) in [7, 11) is -3.64. The molecule has 31 heavy (non-hydrogen) atoms. The van der Waals surface area contributed by atoms with Gasteiger partial charge in [-0.15, -0.1) is 0 Å². The smallest absolute Gasteiger partial charge is 0.241 e. The van der Waals surface area contributed by atoms with Crippen LogP contribution in [0.15, 0.2) is 47.4 Å². The van der Waals surface area contributed by atoms with Crippen LogP contribution in [0.1, 0.15) is 36.8 Å². The number of nitrogens with one attached hydrogen (secondary N) is 1. The normalized spacial score (nSPS) is 17.7. The number of nitriles is 1. The number of benzene rings is 2. The minimum atomic E-state index is -3.64. The average molecular weight is 439 g/mol. The lowest BCUT2D eigenvalue weighted by Crippen LogP contribution is -2.44. The molecule has 0 unspecified atom stereocenters. The number of anilines is 2. The van der Waals surface area contributed by atoms with Gasteiger partial charge in [-0.05, 0) is 74.2 Å². The van der Waals surface area contributed by atoms with Crippen LogP contribution in [0.4, 0.5) is 11.4 Å². The number of hydrogen-bond donors (Lipinski definition) is 1. The van der Waals surface area contributed by atoms with E-state index in [2.05, 4.69) is 15.7 Å². The van der Waals surface area contributed by atoms with E-state index in [0.29, 0.717) is 36.9 Å². The van der Waals surface area contributed by atoms with E-state index in [9.17, 15) is 13.2 Å². The Labute approximate surface area is 183 Å². The molecule has 0 aliphatic carbocycles. The van der Waals surface area contributed by atoms with Crippen molar-refractivity contribution in [3.8, 4) is 6.07 Å². The van der Waals surface area contributed by atoms with Crippen LogP contribution in [0.3, 0.4) is 0 Å². The Hall–Kier alpha value is -2.89. The number of amides is 1. The van der Waals surface area contributed by atoms with Gasteiger partial charge in [-0.25, -0.2) is 13.1 Å². The van der Waals surface area contributed by atoms with Gasteiger partial charge < -0.3 is 9.80 Å². The quantitative estimate of drug-likeness (QED) is 0.775. The molecule has 2 heterocycles. The largest absolute Gasteiger partial charge is 0.371 e. The second-order valence-electron chi connectivity index (χ2n) is 8.14. The summed E-state index contributed by atoms with van der Waals surface area (Å²) in [5.74, 6) is 0.0853. The molecular formula is C23H26N4O3S. The highest BCUT2D eigenvalue weighted by atomic mass is 32.2. The predicted molar refractivity (Wildman–Crippen MR) is 119 cm³/mol. The van der Waals surface area contributed by atoms with E-state index >= 15 is 0 Å². The van der Waals surface area contributed by atoms with Crippen LogP contribution in [0.5, 0.6) is 0 Å². The van der Waals surface area contributed by atoms with Gasteiger partial charge >= 0.3 is 0 Å². The number of rotatable bonds is 5. The van der Waals surface area contributed by atoms with Gasteiger partial charge in [0, 0.05) is 43.5 Å². The van der Waals surface area contributed by atoms with Crippen molar-refractivity contribution in [2.24, 2.45) is 0 Å². The van der Waals surface area contributed by atoms with Crippen LogP contribution in [0.2, 0.25) is 0 Å². The fourth-order valence-electron chi connectivity index (χ4n) is 4.31. The third-order valence-electron chi connectivity index (χ3n) is 6.01. The summed E-state index contributed by atoms with van der Waals surface area (Å²) in [4.78, 5) is 16.2. The lowest BCUT2D eigenvalue weighted by molar-refractivity contribution is -0.117. The van der Waals surface area contributed by atoms with Crippen LogP contribution in [0.25, 0.3) is 0 Å². The first-order chi connectivity index (χ1) is 14.9. The second-order valence-corrected chi connectivity index (χ2v) is 9.82. The SMILES string of the molecule is Cc1cc(N2CCCC2=O)ccc1S(=O)(=O)NC1CCN(c2ccc(C#N)cc2)CC1. The minimum absolute atomic E-state index is 0.0853. The molecule has 2 aliphatic rings. The zero-order valence-corrected chi connectivity index (χ0v) is 18.4. The van der Waals surface area contributed by atoms with Gasteiger partial charge in [0.2, 0.25) is 15.9 Å². The van der Waals surface area contributed by atoms with Crippen molar-refractivity contribution in [2.45, 2.75) is 43.5 Å². The molecule has 1 N–H and O–H groups in total. The molecule has 2 aromatic rings. The molecule has 0 bridgehead atoms. The molecule has 162 valence electrons. The van der Waals surface area contributed by atoms with Gasteiger partial charge in [-0.1, -0.05) is 0 Å². The molecule has 2 aliphatic heterocycles. The van der Waals surface area contributed by atoms with Crippen molar-refractivity contribution in [2.75, 3.05) is 29.4 Å². The first-order valence-electron chi connectivity index (χ1n) is 10.6. The Kier molecular flexibility index (Phi) is 5.99. The third kappa shape index (κ3) is 4.58. The van der Waals surface area contributed by atoms with Gasteiger partial charge in [-0.3, -0.25) is 4.79 Å². The topological polar surface area (TPSA) is 93.5 Å². The van der Waals surface area contributed by atoms with Crippen LogP contribution in [-0.2, 0) is 14.8 Å². The monoisotopic (exact) mass is 438 g/mol. The van der Waals surface area contributed by atoms with E-state index in [1.54, 1.807) is 42.2 Å². The molecule has 4 rings (SSSR count). The summed E-state index contributed by atoms with van der Waals surface area (Å²) in [6.45, 7) is 3.94. The first-order valence-corrected chi connectivity index (χ1v) is 12.0. The van der Waals surface area contributed by atoms with E-state index in [1.807, 2.05) is 12.1 Å². The number of sulfonamides is 1. The lowest BCUT2D eigenvalue weighted by Gasteiger charge is -2.34. The van der Waals surface area contributed by atoms with Gasteiger partial charge in [-0.2, -0.15) is 5.26 Å². The molecule has 1 amide bonds. The molecule has 0 spiro atoms. The molecular weight excluding hydrogens is 412 g/mol. The standard InChI is InChI=1S/C23H26N4O3S/c1-17-15-21(27-12-2-3-23(27)28)8-9-22(17)31(29,30)25-19-10-13-26(14-11-19)20-6-4-18(16-24)5-7-20/h4-9,15,19,25H,2-3,10-14H2,1H3. The van der Waals surface area contributed by atoms with Crippen molar-refractivity contribution >= 4 is 27.3 Å². The number of carbonyl (C=O) groups excluding carboxylic acids is 1. The summed E-state index contributed by atoms with van der Waals surface area (Å²) >= 11 is 0. The number of nitrogens with zero attached hydrogens (tertiary/aromatic N) is 3. The Morgan fingerprint density at radius 3 is 2.29 bits per heavy atom. The number of piperidine rings is 1. The van der Waals surface area contributed by atoms with Crippen LogP contribution in [0, 0.1) is 18.3 Å². The van der Waals surface area contributed by atoms with E-state index < -0.39 is 10.0 Å². The summed E-state index contributed by atoms with van der Waals surface area (Å²) < 4.78 is 28.9. The highest BCUT2D eigenvalue weighted by Crippen LogP contribution is 2.27. The second kappa shape index (κ2) is 8.69. The average Bonchev–Trinajstić information content (AvgIpc) is 3.20. The molecule has 2 fully saturated rings. The highest BCUT2D eigenvalue weighted by Gasteiger charge is 2.27. The number of aryl methyl sites for hydroxylation is 1.